The number of nitrogens with one attached hydrogen (secondary N) is 1. The second-order valence-corrected chi connectivity index (χ2v) is 7.49. The van der Waals surface area contributed by atoms with Crippen molar-refractivity contribution in [2.45, 2.75) is 60.0 Å². The number of unbranched alkanes of at least 4 members (excludes halogenated alkanes) is 1. The Labute approximate surface area is 160 Å². The lowest BCUT2D eigenvalue weighted by Crippen LogP contribution is -2.13. The summed E-state index contributed by atoms with van der Waals surface area (Å²) in [6.45, 7) is 9.92. The van der Waals surface area contributed by atoms with Gasteiger partial charge < -0.3 is 14.5 Å². The van der Waals surface area contributed by atoms with E-state index in [2.05, 4.69) is 32.4 Å². The van der Waals surface area contributed by atoms with Gasteiger partial charge in [0.2, 0.25) is 5.91 Å². The van der Waals surface area contributed by atoms with Crippen LogP contribution in [0.25, 0.3) is 11.0 Å². The van der Waals surface area contributed by atoms with E-state index < -0.39 is 0 Å². The third kappa shape index (κ3) is 4.56. The maximum absolute atomic E-state index is 12.1. The van der Waals surface area contributed by atoms with Gasteiger partial charge >= 0.3 is 0 Å². The molecular formula is C21H29N5O. The molecule has 144 valence electrons. The average molecular weight is 367 g/mol. The lowest BCUT2D eigenvalue weighted by Gasteiger charge is -2.10. The van der Waals surface area contributed by atoms with Gasteiger partial charge in [-0.15, -0.1) is 0 Å². The summed E-state index contributed by atoms with van der Waals surface area (Å²) in [6, 6.07) is 6.00. The molecule has 0 radical (unpaired) electrons. The lowest BCUT2D eigenvalue weighted by atomic mass is 10.1. The van der Waals surface area contributed by atoms with E-state index >= 15 is 0 Å². The Morgan fingerprint density at radius 1 is 1.30 bits per heavy atom. The number of aromatic nitrogens is 4. The molecule has 6 nitrogen and oxygen atoms in total. The van der Waals surface area contributed by atoms with E-state index in [0.29, 0.717) is 18.9 Å². The third-order valence-electron chi connectivity index (χ3n) is 4.68. The summed E-state index contributed by atoms with van der Waals surface area (Å²) in [5.41, 5.74) is 2.83. The number of hydrogen-bond donors (Lipinski definition) is 1. The second kappa shape index (κ2) is 8.37. The first-order valence-corrected chi connectivity index (χ1v) is 9.74. The smallest absolute Gasteiger partial charge is 0.224 e. The molecule has 0 aliphatic rings. The van der Waals surface area contributed by atoms with Crippen LogP contribution < -0.4 is 5.32 Å². The minimum Gasteiger partial charge on any atom is -0.328 e. The zero-order chi connectivity index (χ0) is 19.4. The molecule has 0 bridgehead atoms. The molecule has 0 spiro atoms. The van der Waals surface area contributed by atoms with Gasteiger partial charge in [0.05, 0.1) is 17.6 Å². The second-order valence-electron chi connectivity index (χ2n) is 7.49. The first-order chi connectivity index (χ1) is 13.0. The Kier molecular flexibility index (Phi) is 5.94. The largest absolute Gasteiger partial charge is 0.328 e. The molecule has 2 aromatic heterocycles. The molecule has 27 heavy (non-hydrogen) atoms. The number of fused-ring (bicyclic) bond motifs is 1. The van der Waals surface area contributed by atoms with Crippen molar-refractivity contribution in [2.75, 3.05) is 5.32 Å². The van der Waals surface area contributed by atoms with E-state index in [0.717, 1.165) is 47.8 Å². The normalized spacial score (nSPS) is 11.4. The van der Waals surface area contributed by atoms with Crippen molar-refractivity contribution in [1.82, 2.24) is 19.1 Å². The molecule has 3 aromatic rings. The Balaban J connectivity index is 1.91. The highest BCUT2D eigenvalue weighted by molar-refractivity contribution is 5.93. The van der Waals surface area contributed by atoms with Crippen LogP contribution in [-0.4, -0.2) is 25.0 Å². The van der Waals surface area contributed by atoms with Crippen LogP contribution >= 0.6 is 0 Å². The molecule has 0 aliphatic carbocycles. The van der Waals surface area contributed by atoms with Crippen LogP contribution in [0.2, 0.25) is 0 Å². The summed E-state index contributed by atoms with van der Waals surface area (Å²) in [5.74, 6) is 2.38. The molecule has 0 saturated heterocycles. The highest BCUT2D eigenvalue weighted by atomic mass is 16.1. The topological polar surface area (TPSA) is 64.7 Å². The molecule has 0 atom stereocenters. The number of hydrogen-bond acceptors (Lipinski definition) is 3. The lowest BCUT2D eigenvalue weighted by molar-refractivity contribution is -0.116. The number of amides is 1. The average Bonchev–Trinajstić information content (AvgIpc) is 3.15. The van der Waals surface area contributed by atoms with Gasteiger partial charge in [-0.3, -0.25) is 4.79 Å². The number of imidazole rings is 2. The molecule has 0 aliphatic heterocycles. The Morgan fingerprint density at radius 3 is 2.78 bits per heavy atom. The van der Waals surface area contributed by atoms with Crippen molar-refractivity contribution in [2.24, 2.45) is 5.92 Å². The van der Waals surface area contributed by atoms with Crippen molar-refractivity contribution >= 4 is 22.6 Å². The van der Waals surface area contributed by atoms with Crippen LogP contribution in [0.1, 0.15) is 51.7 Å². The molecule has 1 amide bonds. The maximum atomic E-state index is 12.1. The van der Waals surface area contributed by atoms with E-state index in [1.807, 2.05) is 45.3 Å². The summed E-state index contributed by atoms with van der Waals surface area (Å²) in [5, 5.41) is 2.99. The highest BCUT2D eigenvalue weighted by Gasteiger charge is 2.13. The third-order valence-corrected chi connectivity index (χ3v) is 4.68. The molecule has 6 heteroatoms. The van der Waals surface area contributed by atoms with Gasteiger partial charge in [-0.1, -0.05) is 27.2 Å². The zero-order valence-electron chi connectivity index (χ0n) is 16.7. The van der Waals surface area contributed by atoms with Crippen LogP contribution in [-0.2, 0) is 17.9 Å². The number of rotatable bonds is 8. The number of benzene rings is 1. The number of anilines is 1. The summed E-state index contributed by atoms with van der Waals surface area (Å²) in [4.78, 5) is 21.3. The summed E-state index contributed by atoms with van der Waals surface area (Å²) < 4.78 is 4.40. The van der Waals surface area contributed by atoms with Gasteiger partial charge in [0, 0.05) is 31.0 Å². The van der Waals surface area contributed by atoms with E-state index in [-0.39, 0.29) is 5.91 Å². The van der Waals surface area contributed by atoms with Crippen LogP contribution in [0.3, 0.4) is 0 Å². The molecular weight excluding hydrogens is 338 g/mol. The Bertz CT molecular complexity index is 922. The first kappa shape index (κ1) is 19.1. The van der Waals surface area contributed by atoms with E-state index in [9.17, 15) is 4.79 Å². The molecule has 0 saturated carbocycles. The van der Waals surface area contributed by atoms with Crippen molar-refractivity contribution in [3.05, 3.63) is 42.2 Å². The van der Waals surface area contributed by atoms with E-state index in [1.165, 1.54) is 0 Å². The van der Waals surface area contributed by atoms with Crippen molar-refractivity contribution in [3.8, 4) is 0 Å². The predicted octanol–water partition coefficient (Wildman–Crippen LogP) is 4.37. The van der Waals surface area contributed by atoms with E-state index in [1.54, 1.807) is 0 Å². The van der Waals surface area contributed by atoms with Crippen molar-refractivity contribution in [3.63, 3.8) is 0 Å². The van der Waals surface area contributed by atoms with Crippen LogP contribution in [0.4, 0.5) is 5.69 Å². The number of carbonyl (C=O) groups is 1. The fourth-order valence-corrected chi connectivity index (χ4v) is 3.25. The maximum Gasteiger partial charge on any atom is 0.224 e. The van der Waals surface area contributed by atoms with Crippen LogP contribution in [0.15, 0.2) is 30.6 Å². The van der Waals surface area contributed by atoms with Gasteiger partial charge in [-0.2, -0.15) is 0 Å². The fraction of sp³-hybridized carbons (Fsp3) is 0.476. The van der Waals surface area contributed by atoms with E-state index in [4.69, 9.17) is 4.98 Å². The molecule has 0 unspecified atom stereocenters. The minimum absolute atomic E-state index is 0.0454. The zero-order valence-corrected chi connectivity index (χ0v) is 16.7. The van der Waals surface area contributed by atoms with Crippen LogP contribution in [0.5, 0.6) is 0 Å². The number of nitrogens with zero attached hydrogens (tertiary/aromatic N) is 4. The number of aryl methyl sites for hydroxylation is 2. The first-order valence-electron chi connectivity index (χ1n) is 9.74. The molecule has 2 heterocycles. The van der Waals surface area contributed by atoms with Gasteiger partial charge in [0.15, 0.2) is 0 Å². The highest BCUT2D eigenvalue weighted by Crippen LogP contribution is 2.22. The molecule has 1 aromatic carbocycles. The monoisotopic (exact) mass is 367 g/mol. The van der Waals surface area contributed by atoms with Crippen molar-refractivity contribution in [1.29, 1.82) is 0 Å². The molecule has 1 N–H and O–H groups in total. The SMILES string of the molecule is CCCCn1c(Cn2ccnc2C)nc2cc(NC(=O)CC(C)C)ccc21. The van der Waals surface area contributed by atoms with Gasteiger partial charge in [-0.25, -0.2) is 9.97 Å². The molecule has 0 fully saturated rings. The summed E-state index contributed by atoms with van der Waals surface area (Å²) >= 11 is 0. The number of carbonyl (C=O) groups excluding carboxylic acids is 1. The van der Waals surface area contributed by atoms with Gasteiger partial charge in [0.25, 0.3) is 0 Å². The summed E-state index contributed by atoms with van der Waals surface area (Å²) in [6.07, 6.45) is 6.56. The molecule has 3 rings (SSSR count). The summed E-state index contributed by atoms with van der Waals surface area (Å²) in [7, 11) is 0. The predicted molar refractivity (Wildman–Crippen MR) is 109 cm³/mol. The quantitative estimate of drug-likeness (QED) is 0.643. The fourth-order valence-electron chi connectivity index (χ4n) is 3.25. The Morgan fingerprint density at radius 2 is 2.11 bits per heavy atom. The Hall–Kier alpha value is -2.63. The van der Waals surface area contributed by atoms with Crippen LogP contribution in [0, 0.1) is 12.8 Å². The van der Waals surface area contributed by atoms with Crippen molar-refractivity contribution < 1.29 is 4.79 Å². The standard InChI is InChI=1S/C21H29N5O/c1-5-6-10-26-19-8-7-17(23-21(27)12-15(2)3)13-18(19)24-20(26)14-25-11-9-22-16(25)4/h7-9,11,13,15H,5-6,10,12,14H2,1-4H3,(H,23,27). The van der Waals surface area contributed by atoms with Gasteiger partial charge in [-0.05, 0) is 37.5 Å². The van der Waals surface area contributed by atoms with Gasteiger partial charge in [0.1, 0.15) is 11.6 Å². The minimum atomic E-state index is 0.0454.